The summed E-state index contributed by atoms with van der Waals surface area (Å²) >= 11 is 0. The molecule has 0 aliphatic heterocycles. The van der Waals surface area contributed by atoms with Crippen LogP contribution < -0.4 is 4.57 Å². The Hall–Kier alpha value is -1.08. The van der Waals surface area contributed by atoms with Crippen LogP contribution in [-0.2, 0) is 12.7 Å². The lowest BCUT2D eigenvalue weighted by Gasteiger charge is -2.47. The fraction of sp³-hybridized carbons (Fsp3) is 0.654. The van der Waals surface area contributed by atoms with Crippen LogP contribution in [0.1, 0.15) is 89.5 Å². The van der Waals surface area contributed by atoms with Gasteiger partial charge in [0.2, 0.25) is 6.33 Å². The Morgan fingerprint density at radius 3 is 2.30 bits per heavy atom. The number of benzene rings is 1. The van der Waals surface area contributed by atoms with Crippen molar-refractivity contribution in [3.63, 3.8) is 0 Å². The third kappa shape index (κ3) is 5.21. The Morgan fingerprint density at radius 1 is 1.00 bits per heavy atom. The first-order chi connectivity index (χ1) is 14.7. The van der Waals surface area contributed by atoms with E-state index in [4.69, 9.17) is 0 Å². The van der Waals surface area contributed by atoms with E-state index in [9.17, 15) is 0 Å². The van der Waals surface area contributed by atoms with E-state index in [1.807, 2.05) is 0 Å². The largest absolute Gasteiger partial charge is 0.248 e. The molecule has 164 valence electrons. The molecule has 0 atom stereocenters. The zero-order valence-electron chi connectivity index (χ0n) is 18.4. The van der Waals surface area contributed by atoms with Crippen molar-refractivity contribution in [3.8, 4) is 5.69 Å². The van der Waals surface area contributed by atoms with Gasteiger partial charge in [0.25, 0.3) is 0 Å². The van der Waals surface area contributed by atoms with Crippen molar-refractivity contribution >= 4 is 14.7 Å². The summed E-state index contributed by atoms with van der Waals surface area (Å²) in [6.07, 6.45) is 26.1. The van der Waals surface area contributed by atoms with E-state index in [1.54, 1.807) is 31.2 Å². The molecule has 0 amide bonds. The summed E-state index contributed by atoms with van der Waals surface area (Å²) in [5, 5.41) is 0. The average Bonchev–Trinajstić information content (AvgIpc) is 3.28. The van der Waals surface area contributed by atoms with E-state index >= 15 is 0 Å². The zero-order chi connectivity index (χ0) is 20.8. The van der Waals surface area contributed by atoms with Crippen molar-refractivity contribution in [2.75, 3.05) is 0 Å². The van der Waals surface area contributed by atoms with Crippen LogP contribution in [0, 0.1) is 0 Å². The SMILES string of the molecule is [BH3-][P+](Cc1cccc(-n2cc[n+](CCCC)c2)c1)(C1CCCCC1)C1CCCCC1. The van der Waals surface area contributed by atoms with Crippen LogP contribution in [0.4, 0.5) is 0 Å². The van der Waals surface area contributed by atoms with Gasteiger partial charge in [0.15, 0.2) is 0 Å². The molecule has 2 saturated carbocycles. The number of nitrogens with zero attached hydrogens (tertiary/aromatic N) is 2. The molecule has 1 heterocycles. The molecule has 0 saturated heterocycles. The predicted octanol–water partition coefficient (Wildman–Crippen LogP) is 6.03. The highest BCUT2D eigenvalue weighted by Gasteiger charge is 2.42. The highest BCUT2D eigenvalue weighted by molar-refractivity contribution is 7.97. The molecule has 30 heavy (non-hydrogen) atoms. The molecule has 2 aliphatic carbocycles. The van der Waals surface area contributed by atoms with Crippen LogP contribution in [0.15, 0.2) is 43.0 Å². The quantitative estimate of drug-likeness (QED) is 0.278. The lowest BCUT2D eigenvalue weighted by Crippen LogP contribution is -2.30. The molecule has 0 radical (unpaired) electrons. The molecule has 0 N–H and O–H groups in total. The van der Waals surface area contributed by atoms with Crippen LogP contribution in [0.5, 0.6) is 0 Å². The zero-order valence-corrected chi connectivity index (χ0v) is 19.3. The smallest absolute Gasteiger partial charge is 0.236 e. The molecule has 1 aromatic heterocycles. The summed E-state index contributed by atoms with van der Waals surface area (Å²) in [4.78, 5) is 0. The molecule has 2 nitrogen and oxygen atoms in total. The first-order valence-corrected chi connectivity index (χ1v) is 13.9. The fourth-order valence-corrected chi connectivity index (χ4v) is 9.22. The van der Waals surface area contributed by atoms with E-state index in [0.29, 0.717) is 7.57 Å². The number of rotatable bonds is 8. The van der Waals surface area contributed by atoms with Crippen LogP contribution >= 0.6 is 7.14 Å². The normalized spacial score (nSPS) is 19.3. The van der Waals surface area contributed by atoms with Crippen molar-refractivity contribution in [2.24, 2.45) is 0 Å². The van der Waals surface area contributed by atoms with Gasteiger partial charge in [-0.15, -0.1) is 7.14 Å². The van der Waals surface area contributed by atoms with Gasteiger partial charge in [-0.05, 0) is 75.5 Å². The molecule has 2 fully saturated rings. The number of hydrogen-bond acceptors (Lipinski definition) is 0. The van der Waals surface area contributed by atoms with Gasteiger partial charge in [-0.3, -0.25) is 0 Å². The second-order valence-electron chi connectivity index (χ2n) is 9.34. The molecule has 1 aromatic carbocycles. The Kier molecular flexibility index (Phi) is 7.74. The minimum absolute atomic E-state index is 0.403. The number of aryl methyl sites for hydroxylation is 1. The summed E-state index contributed by atoms with van der Waals surface area (Å²) in [6, 6.07) is 9.62. The van der Waals surface area contributed by atoms with Crippen LogP contribution in [-0.4, -0.2) is 23.5 Å². The first kappa shape index (κ1) is 22.1. The van der Waals surface area contributed by atoms with Gasteiger partial charge in [-0.25, -0.2) is 9.13 Å². The minimum atomic E-state index is -0.728. The number of aromatic nitrogens is 2. The van der Waals surface area contributed by atoms with Gasteiger partial charge in [0.05, 0.1) is 6.54 Å². The summed E-state index contributed by atoms with van der Waals surface area (Å²) in [5.41, 5.74) is 5.30. The second-order valence-corrected chi connectivity index (χ2v) is 12.1. The topological polar surface area (TPSA) is 8.81 Å². The number of hydrogen-bond donors (Lipinski definition) is 0. The predicted molar refractivity (Wildman–Crippen MR) is 135 cm³/mol. The second kappa shape index (κ2) is 10.5. The van der Waals surface area contributed by atoms with Gasteiger partial charge in [-0.2, -0.15) is 0 Å². The van der Waals surface area contributed by atoms with Gasteiger partial charge < -0.3 is 0 Å². The Bertz CT molecular complexity index is 772. The highest BCUT2D eigenvalue weighted by atomic mass is 31.2. The molecular formula is C26H43BN2P+. The Balaban J connectivity index is 1.55. The molecule has 0 spiro atoms. The fourth-order valence-electron chi connectivity index (χ4n) is 5.43. The maximum Gasteiger partial charge on any atom is 0.248 e. The molecule has 0 bridgehead atoms. The number of unbranched alkanes of at least 4 members (excludes halogenated alkanes) is 1. The molecule has 2 aromatic rings. The minimum Gasteiger partial charge on any atom is -0.236 e. The molecule has 2 aliphatic rings. The Labute approximate surface area is 186 Å². The molecule has 4 rings (SSSR count). The van der Waals surface area contributed by atoms with Crippen LogP contribution in [0.3, 0.4) is 0 Å². The van der Waals surface area contributed by atoms with E-state index in [-0.39, 0.29) is 0 Å². The molecular weight excluding hydrogens is 382 g/mol. The summed E-state index contributed by atoms with van der Waals surface area (Å²) in [6.45, 7) is 3.40. The summed E-state index contributed by atoms with van der Waals surface area (Å²) < 4.78 is 4.68. The van der Waals surface area contributed by atoms with Gasteiger partial charge in [-0.1, -0.05) is 38.3 Å². The third-order valence-corrected chi connectivity index (χ3v) is 10.8. The monoisotopic (exact) mass is 425 g/mol. The Morgan fingerprint density at radius 2 is 1.67 bits per heavy atom. The third-order valence-electron chi connectivity index (χ3n) is 7.12. The van der Waals surface area contributed by atoms with Crippen molar-refractivity contribution in [1.82, 2.24) is 4.57 Å². The van der Waals surface area contributed by atoms with Crippen LogP contribution in [0.2, 0.25) is 0 Å². The maximum atomic E-state index is 2.53. The molecule has 0 unspecified atom stereocenters. The highest BCUT2D eigenvalue weighted by Crippen LogP contribution is 2.70. The van der Waals surface area contributed by atoms with E-state index < -0.39 is 7.14 Å². The van der Waals surface area contributed by atoms with Gasteiger partial charge >= 0.3 is 0 Å². The van der Waals surface area contributed by atoms with Crippen molar-refractivity contribution in [1.29, 1.82) is 0 Å². The average molecular weight is 425 g/mol. The molecule has 4 heteroatoms. The first-order valence-electron chi connectivity index (χ1n) is 12.3. The maximum absolute atomic E-state index is 2.53. The van der Waals surface area contributed by atoms with Gasteiger partial charge in [0, 0.05) is 17.5 Å². The summed E-state index contributed by atoms with van der Waals surface area (Å²) in [7, 11) is -0.325. The lowest BCUT2D eigenvalue weighted by molar-refractivity contribution is -0.696. The van der Waals surface area contributed by atoms with Crippen molar-refractivity contribution in [3.05, 3.63) is 48.5 Å². The van der Waals surface area contributed by atoms with E-state index in [1.165, 1.54) is 63.2 Å². The standard InChI is InChI=1S/C26H43BN2P/c1-2-3-17-28-18-19-29(22-28)24-12-10-11-23(20-24)21-30(27,25-13-6-4-7-14-25)26-15-8-5-9-16-26/h10-12,18-20,22,25-26H,2-9,13-17,21H2,1,27H3/q+1. The van der Waals surface area contributed by atoms with Crippen molar-refractivity contribution < 1.29 is 4.57 Å². The summed E-state index contributed by atoms with van der Waals surface area (Å²) in [5.74, 6) is 0. The van der Waals surface area contributed by atoms with Crippen molar-refractivity contribution in [2.45, 2.75) is 108 Å². The number of imidazole rings is 1. The van der Waals surface area contributed by atoms with E-state index in [2.05, 4.69) is 59.0 Å². The van der Waals surface area contributed by atoms with Crippen LogP contribution in [0.25, 0.3) is 5.69 Å². The van der Waals surface area contributed by atoms with E-state index in [0.717, 1.165) is 17.9 Å². The lowest BCUT2D eigenvalue weighted by atomic mass is 9.99. The van der Waals surface area contributed by atoms with Gasteiger partial charge in [0.1, 0.15) is 25.6 Å².